The van der Waals surface area contributed by atoms with E-state index < -0.39 is 5.91 Å². The van der Waals surface area contributed by atoms with Crippen LogP contribution in [0.3, 0.4) is 0 Å². The monoisotopic (exact) mass is 550 g/mol. The zero-order chi connectivity index (χ0) is 28.8. The van der Waals surface area contributed by atoms with Crippen LogP contribution >= 0.6 is 0 Å². The normalized spacial score (nSPS) is 11.3. The maximum absolute atomic E-state index is 13.6. The molecule has 0 unspecified atom stereocenters. The molecule has 0 saturated carbocycles. The van der Waals surface area contributed by atoms with Crippen LogP contribution in [0.15, 0.2) is 75.3 Å². The second-order valence-electron chi connectivity index (χ2n) is 9.57. The number of H-pyrrole nitrogens is 1. The lowest BCUT2D eigenvalue weighted by Gasteiger charge is -2.12. The van der Waals surface area contributed by atoms with E-state index >= 15 is 0 Å². The number of hydrogen-bond donors (Lipinski definition) is 2. The van der Waals surface area contributed by atoms with Crippen molar-refractivity contribution >= 4 is 22.5 Å². The van der Waals surface area contributed by atoms with Gasteiger partial charge in [-0.1, -0.05) is 6.07 Å². The van der Waals surface area contributed by atoms with Crippen LogP contribution in [0.1, 0.15) is 28.9 Å². The van der Waals surface area contributed by atoms with Crippen molar-refractivity contribution in [3.8, 4) is 28.5 Å². The number of fused-ring (bicyclic) bond motifs is 1. The predicted molar refractivity (Wildman–Crippen MR) is 153 cm³/mol. The highest BCUT2D eigenvalue weighted by molar-refractivity contribution is 6.11. The first-order chi connectivity index (χ1) is 19.7. The van der Waals surface area contributed by atoms with E-state index in [9.17, 15) is 14.4 Å². The second kappa shape index (κ2) is 9.90. The SMILES string of the molecule is CCn1c(-c2ccc(-c3c(C)on(C)c3=O)cn2)cc2cc(C)nc(C(=O)Nc3ccc(=O)n(-c4ncc[nH]4)c3)c21. The largest absolute Gasteiger partial charge is 0.381 e. The van der Waals surface area contributed by atoms with Crippen LogP contribution in [0.4, 0.5) is 5.69 Å². The van der Waals surface area contributed by atoms with Crippen molar-refractivity contribution in [3.63, 3.8) is 0 Å². The Bertz CT molecular complexity index is 2040. The first kappa shape index (κ1) is 25.7. The van der Waals surface area contributed by atoms with Gasteiger partial charge in [-0.25, -0.2) is 9.97 Å². The molecule has 6 rings (SSSR count). The van der Waals surface area contributed by atoms with E-state index in [-0.39, 0.29) is 16.8 Å². The number of aromatic nitrogens is 7. The number of hydrogen-bond acceptors (Lipinski definition) is 7. The first-order valence-electron chi connectivity index (χ1n) is 12.9. The van der Waals surface area contributed by atoms with Crippen LogP contribution in [-0.2, 0) is 13.6 Å². The van der Waals surface area contributed by atoms with Crippen LogP contribution in [0.2, 0.25) is 0 Å². The fourth-order valence-electron chi connectivity index (χ4n) is 5.06. The minimum atomic E-state index is -0.419. The fourth-order valence-corrected chi connectivity index (χ4v) is 5.06. The summed E-state index contributed by atoms with van der Waals surface area (Å²) in [5, 5.41) is 3.71. The molecule has 12 nitrogen and oxygen atoms in total. The number of amides is 1. The number of aromatic amines is 1. The quantitative estimate of drug-likeness (QED) is 0.321. The number of rotatable bonds is 6. The molecular weight excluding hydrogens is 524 g/mol. The van der Waals surface area contributed by atoms with E-state index in [2.05, 4.69) is 25.3 Å². The molecule has 0 fully saturated rings. The van der Waals surface area contributed by atoms with Crippen LogP contribution in [-0.4, -0.2) is 39.7 Å². The number of anilines is 1. The smallest absolute Gasteiger partial charge is 0.290 e. The highest BCUT2D eigenvalue weighted by Gasteiger charge is 2.21. The van der Waals surface area contributed by atoms with Gasteiger partial charge in [0.25, 0.3) is 17.0 Å². The Balaban J connectivity index is 1.39. The van der Waals surface area contributed by atoms with E-state index in [4.69, 9.17) is 4.52 Å². The summed E-state index contributed by atoms with van der Waals surface area (Å²) in [6.45, 7) is 6.11. The van der Waals surface area contributed by atoms with Gasteiger partial charge in [0.05, 0.1) is 28.2 Å². The fraction of sp³-hybridized carbons (Fsp3) is 0.172. The highest BCUT2D eigenvalue weighted by atomic mass is 16.5. The molecule has 0 bridgehead atoms. The lowest BCUT2D eigenvalue weighted by molar-refractivity contribution is 0.102. The molecule has 0 aliphatic heterocycles. The van der Waals surface area contributed by atoms with Crippen LogP contribution in [0.5, 0.6) is 0 Å². The van der Waals surface area contributed by atoms with Crippen molar-refractivity contribution in [3.05, 3.63) is 99.0 Å². The summed E-state index contributed by atoms with van der Waals surface area (Å²) in [6, 6.07) is 10.5. The predicted octanol–water partition coefficient (Wildman–Crippen LogP) is 3.82. The van der Waals surface area contributed by atoms with Gasteiger partial charge in [0.1, 0.15) is 5.76 Å². The maximum Gasteiger partial charge on any atom is 0.290 e. The van der Waals surface area contributed by atoms with Gasteiger partial charge in [-0.05, 0) is 45.0 Å². The van der Waals surface area contributed by atoms with E-state index in [0.29, 0.717) is 52.0 Å². The standard InChI is InChI=1S/C29H26N8O4/c1-5-36-22(21-8-6-18(14-32-21)24-17(3)41-35(4)28(24)40)13-19-12-16(2)33-25(26(19)36)27(39)34-20-7-9-23(38)37(15-20)29-30-10-11-31-29/h6-15H,5H2,1-4H3,(H,30,31)(H,34,39). The Morgan fingerprint density at radius 3 is 2.59 bits per heavy atom. The lowest BCUT2D eigenvalue weighted by Crippen LogP contribution is -2.21. The molecule has 1 amide bonds. The van der Waals surface area contributed by atoms with Crippen molar-refractivity contribution in [2.45, 2.75) is 27.3 Å². The van der Waals surface area contributed by atoms with Crippen LogP contribution < -0.4 is 16.4 Å². The number of aryl methyl sites for hydroxylation is 4. The molecule has 6 aromatic rings. The Morgan fingerprint density at radius 2 is 1.93 bits per heavy atom. The third-order valence-electron chi connectivity index (χ3n) is 6.86. The summed E-state index contributed by atoms with van der Waals surface area (Å²) < 4.78 is 9.92. The van der Waals surface area contributed by atoms with E-state index in [1.54, 1.807) is 32.6 Å². The summed E-state index contributed by atoms with van der Waals surface area (Å²) in [4.78, 5) is 54.7. The lowest BCUT2D eigenvalue weighted by atomic mass is 10.1. The van der Waals surface area contributed by atoms with Gasteiger partial charge >= 0.3 is 0 Å². The average Bonchev–Trinajstić information content (AvgIpc) is 3.67. The number of imidazole rings is 1. The molecule has 0 aliphatic rings. The van der Waals surface area contributed by atoms with Crippen LogP contribution in [0, 0.1) is 13.8 Å². The zero-order valence-corrected chi connectivity index (χ0v) is 22.8. The summed E-state index contributed by atoms with van der Waals surface area (Å²) in [6.07, 6.45) is 6.31. The minimum Gasteiger partial charge on any atom is -0.381 e. The van der Waals surface area contributed by atoms with Crippen LogP contribution in [0.25, 0.3) is 39.4 Å². The summed E-state index contributed by atoms with van der Waals surface area (Å²) in [7, 11) is 1.57. The summed E-state index contributed by atoms with van der Waals surface area (Å²) in [5.74, 6) is 0.442. The number of carbonyl (C=O) groups is 1. The second-order valence-corrected chi connectivity index (χ2v) is 9.57. The molecule has 206 valence electrons. The van der Waals surface area contributed by atoms with Gasteiger partial charge in [-0.3, -0.25) is 23.9 Å². The van der Waals surface area contributed by atoms with Crippen molar-refractivity contribution in [1.82, 2.24) is 33.8 Å². The topological polar surface area (TPSA) is 146 Å². The Hall–Kier alpha value is -5.52. The highest BCUT2D eigenvalue weighted by Crippen LogP contribution is 2.31. The molecule has 2 N–H and O–H groups in total. The summed E-state index contributed by atoms with van der Waals surface area (Å²) >= 11 is 0. The van der Waals surface area contributed by atoms with E-state index in [0.717, 1.165) is 11.1 Å². The molecule has 6 heterocycles. The number of carbonyl (C=O) groups excluding carboxylic acids is 1. The van der Waals surface area contributed by atoms with Gasteiger partial charge < -0.3 is 19.4 Å². The van der Waals surface area contributed by atoms with Gasteiger partial charge in [0.2, 0.25) is 5.95 Å². The molecule has 0 aliphatic carbocycles. The van der Waals surface area contributed by atoms with Gasteiger partial charge in [-0.15, -0.1) is 0 Å². The number of nitrogens with one attached hydrogen (secondary N) is 2. The van der Waals surface area contributed by atoms with Crippen molar-refractivity contribution in [2.75, 3.05) is 5.32 Å². The number of pyridine rings is 3. The molecule has 41 heavy (non-hydrogen) atoms. The van der Waals surface area contributed by atoms with Gasteiger partial charge in [0.15, 0.2) is 5.69 Å². The Labute approximate surface area is 232 Å². The third kappa shape index (κ3) is 4.44. The average molecular weight is 551 g/mol. The molecule has 12 heteroatoms. The molecule has 0 atom stereocenters. The first-order valence-corrected chi connectivity index (χ1v) is 12.9. The summed E-state index contributed by atoms with van der Waals surface area (Å²) in [5.41, 5.74) is 4.10. The van der Waals surface area contributed by atoms with Crippen molar-refractivity contribution in [1.29, 1.82) is 0 Å². The minimum absolute atomic E-state index is 0.225. The molecule has 0 aromatic carbocycles. The van der Waals surface area contributed by atoms with Gasteiger partial charge in [-0.2, -0.15) is 4.74 Å². The van der Waals surface area contributed by atoms with Crippen molar-refractivity contribution in [2.24, 2.45) is 7.05 Å². The zero-order valence-electron chi connectivity index (χ0n) is 22.8. The van der Waals surface area contributed by atoms with Gasteiger partial charge in [0, 0.05) is 61.1 Å². The maximum atomic E-state index is 13.6. The number of nitrogens with zero attached hydrogens (tertiary/aromatic N) is 6. The van der Waals surface area contributed by atoms with E-state index in [1.807, 2.05) is 42.7 Å². The van der Waals surface area contributed by atoms with E-state index in [1.165, 1.54) is 27.6 Å². The Kier molecular flexibility index (Phi) is 6.22. The molecule has 0 saturated heterocycles. The third-order valence-corrected chi connectivity index (χ3v) is 6.86. The molecular formula is C29H26N8O4. The van der Waals surface area contributed by atoms with Crippen molar-refractivity contribution < 1.29 is 9.32 Å². The molecule has 6 aromatic heterocycles. The molecule has 0 spiro atoms. The Morgan fingerprint density at radius 1 is 1.10 bits per heavy atom. The molecule has 0 radical (unpaired) electrons.